The summed E-state index contributed by atoms with van der Waals surface area (Å²) in [6.45, 7) is 0.582. The largest absolute Gasteiger partial charge is 0.493 e. The van der Waals surface area contributed by atoms with E-state index in [4.69, 9.17) is 4.74 Å². The van der Waals surface area contributed by atoms with Crippen molar-refractivity contribution >= 4 is 39.6 Å². The fourth-order valence-electron chi connectivity index (χ4n) is 3.08. The predicted molar refractivity (Wildman–Crippen MR) is 110 cm³/mol. The number of rotatable bonds is 6. The molecule has 6 nitrogen and oxygen atoms in total. The van der Waals surface area contributed by atoms with E-state index in [-0.39, 0.29) is 24.3 Å². The van der Waals surface area contributed by atoms with Crippen LogP contribution in [0, 0.1) is 0 Å². The number of nitrogens with zero attached hydrogens (tertiary/aromatic N) is 1. The quantitative estimate of drug-likeness (QED) is 0.647. The van der Waals surface area contributed by atoms with Gasteiger partial charge >= 0.3 is 0 Å². The summed E-state index contributed by atoms with van der Waals surface area (Å²) in [5.74, 6) is 0.624. The summed E-state index contributed by atoms with van der Waals surface area (Å²) in [6, 6.07) is 11.6. The molecular formula is C20H19N3O3S2. The zero-order chi connectivity index (χ0) is 19.3. The first-order valence-electron chi connectivity index (χ1n) is 8.95. The first-order chi connectivity index (χ1) is 13.7. The van der Waals surface area contributed by atoms with Crippen LogP contribution in [-0.2, 0) is 22.4 Å². The number of aromatic nitrogens is 1. The topological polar surface area (TPSA) is 80.3 Å². The minimum Gasteiger partial charge on any atom is -0.493 e. The van der Waals surface area contributed by atoms with Crippen LogP contribution in [0.2, 0.25) is 0 Å². The van der Waals surface area contributed by atoms with Crippen molar-refractivity contribution in [3.63, 3.8) is 0 Å². The molecule has 0 saturated heterocycles. The summed E-state index contributed by atoms with van der Waals surface area (Å²) in [4.78, 5) is 29.9. The van der Waals surface area contributed by atoms with Gasteiger partial charge in [-0.3, -0.25) is 9.59 Å². The molecule has 28 heavy (non-hydrogen) atoms. The van der Waals surface area contributed by atoms with Crippen molar-refractivity contribution in [2.24, 2.45) is 0 Å². The number of thiophene rings is 1. The molecule has 0 bridgehead atoms. The third-order valence-corrected chi connectivity index (χ3v) is 6.03. The highest BCUT2D eigenvalue weighted by molar-refractivity contribution is 7.14. The Morgan fingerprint density at radius 1 is 1.11 bits per heavy atom. The lowest BCUT2D eigenvalue weighted by molar-refractivity contribution is -0.121. The normalized spacial score (nSPS) is 15.4. The number of anilines is 1. The number of para-hydroxylation sites is 1. The Kier molecular flexibility index (Phi) is 5.68. The number of hydrogen-bond acceptors (Lipinski definition) is 6. The van der Waals surface area contributed by atoms with Crippen LogP contribution >= 0.6 is 22.7 Å². The molecule has 2 N–H and O–H groups in total. The molecular weight excluding hydrogens is 394 g/mol. The Labute approximate surface area is 170 Å². The molecule has 0 spiro atoms. The summed E-state index contributed by atoms with van der Waals surface area (Å²) in [6.07, 6.45) is 1.25. The van der Waals surface area contributed by atoms with Crippen molar-refractivity contribution in [1.82, 2.24) is 10.3 Å². The van der Waals surface area contributed by atoms with Gasteiger partial charge in [0.2, 0.25) is 11.8 Å². The minimum absolute atomic E-state index is 0.0546. The van der Waals surface area contributed by atoms with Crippen LogP contribution in [0.15, 0.2) is 47.2 Å². The molecule has 3 aromatic rings. The van der Waals surface area contributed by atoms with Gasteiger partial charge in [0.05, 0.1) is 31.2 Å². The molecule has 2 amide bonds. The number of benzene rings is 1. The molecule has 1 aromatic carbocycles. The lowest BCUT2D eigenvalue weighted by Gasteiger charge is -2.26. The molecule has 1 atom stereocenters. The van der Waals surface area contributed by atoms with Crippen LogP contribution in [0.25, 0.3) is 0 Å². The summed E-state index contributed by atoms with van der Waals surface area (Å²) in [7, 11) is 0. The van der Waals surface area contributed by atoms with E-state index >= 15 is 0 Å². The van der Waals surface area contributed by atoms with Gasteiger partial charge in [0, 0.05) is 22.2 Å². The van der Waals surface area contributed by atoms with Gasteiger partial charge in [-0.2, -0.15) is 0 Å². The molecule has 3 heterocycles. The second-order valence-electron chi connectivity index (χ2n) is 6.42. The molecule has 0 unspecified atom stereocenters. The van der Waals surface area contributed by atoms with Gasteiger partial charge in [0.25, 0.3) is 0 Å². The van der Waals surface area contributed by atoms with Crippen LogP contribution in [-0.4, -0.2) is 23.4 Å². The Hall–Kier alpha value is -2.71. The number of nitrogens with one attached hydrogen (secondary N) is 2. The van der Waals surface area contributed by atoms with Crippen LogP contribution < -0.4 is 15.4 Å². The maximum absolute atomic E-state index is 12.5. The van der Waals surface area contributed by atoms with Gasteiger partial charge < -0.3 is 15.4 Å². The lowest BCUT2D eigenvalue weighted by atomic mass is 10.0. The van der Waals surface area contributed by atoms with E-state index in [0.717, 1.165) is 22.6 Å². The predicted octanol–water partition coefficient (Wildman–Crippen LogP) is 3.57. The van der Waals surface area contributed by atoms with Gasteiger partial charge in [0.15, 0.2) is 5.13 Å². The molecule has 0 radical (unpaired) electrons. The van der Waals surface area contributed by atoms with Gasteiger partial charge in [-0.1, -0.05) is 24.3 Å². The summed E-state index contributed by atoms with van der Waals surface area (Å²) < 4.78 is 5.63. The molecule has 1 aliphatic heterocycles. The second kappa shape index (κ2) is 8.53. The smallest absolute Gasteiger partial charge is 0.231 e. The number of thiazole rings is 1. The van der Waals surface area contributed by atoms with Crippen molar-refractivity contribution in [2.75, 3.05) is 11.9 Å². The second-order valence-corrected chi connectivity index (χ2v) is 8.31. The Bertz CT molecular complexity index is 969. The Morgan fingerprint density at radius 3 is 2.86 bits per heavy atom. The number of fused-ring (bicyclic) bond motifs is 1. The van der Waals surface area contributed by atoms with Gasteiger partial charge in [-0.15, -0.1) is 22.7 Å². The average Bonchev–Trinajstić information content (AvgIpc) is 3.34. The van der Waals surface area contributed by atoms with Crippen molar-refractivity contribution < 1.29 is 14.3 Å². The van der Waals surface area contributed by atoms with Crippen molar-refractivity contribution in [3.05, 3.63) is 63.3 Å². The van der Waals surface area contributed by atoms with E-state index in [1.165, 1.54) is 11.3 Å². The molecule has 4 rings (SSSR count). The minimum atomic E-state index is -0.105. The maximum Gasteiger partial charge on any atom is 0.231 e. The Balaban J connectivity index is 1.31. The number of carbonyl (C=O) groups excluding carboxylic acids is 2. The lowest BCUT2D eigenvalue weighted by Crippen LogP contribution is -2.33. The number of amides is 2. The fourth-order valence-corrected chi connectivity index (χ4v) is 4.51. The number of carbonyl (C=O) groups is 2. The molecule has 2 aromatic heterocycles. The SMILES string of the molecule is O=C(Cc1cccs1)Nc1nc(CC(=O)N[C@H]2CCOc3ccccc32)cs1. The summed E-state index contributed by atoms with van der Waals surface area (Å²) in [5.41, 5.74) is 1.65. The molecule has 144 valence electrons. The van der Waals surface area contributed by atoms with Crippen LogP contribution in [0.3, 0.4) is 0 Å². The molecule has 8 heteroatoms. The molecule has 0 saturated carbocycles. The summed E-state index contributed by atoms with van der Waals surface area (Å²) in [5, 5.41) is 10.1. The van der Waals surface area contributed by atoms with E-state index in [9.17, 15) is 9.59 Å². The molecule has 1 aliphatic rings. The summed E-state index contributed by atoms with van der Waals surface area (Å²) >= 11 is 2.87. The number of ether oxygens (including phenoxy) is 1. The standard InChI is InChI=1S/C20H19N3O3S2/c24-18(22-16-7-8-26-17-6-2-1-5-15(16)17)10-13-12-28-20(21-13)23-19(25)11-14-4-3-9-27-14/h1-6,9,12,16H,7-8,10-11H2,(H,22,24)(H,21,23,25)/t16-/m0/s1. The van der Waals surface area contributed by atoms with Gasteiger partial charge in [-0.25, -0.2) is 4.98 Å². The van der Waals surface area contributed by atoms with Crippen LogP contribution in [0.5, 0.6) is 5.75 Å². The maximum atomic E-state index is 12.5. The Morgan fingerprint density at radius 2 is 2.00 bits per heavy atom. The van der Waals surface area contributed by atoms with E-state index in [1.807, 2.05) is 41.8 Å². The van der Waals surface area contributed by atoms with E-state index in [0.29, 0.717) is 23.9 Å². The van der Waals surface area contributed by atoms with Gasteiger partial charge in [0.1, 0.15) is 5.75 Å². The highest BCUT2D eigenvalue weighted by Gasteiger charge is 2.23. The zero-order valence-corrected chi connectivity index (χ0v) is 16.6. The molecule has 0 fully saturated rings. The van der Waals surface area contributed by atoms with Crippen LogP contribution in [0.1, 0.15) is 28.6 Å². The zero-order valence-electron chi connectivity index (χ0n) is 15.0. The van der Waals surface area contributed by atoms with Gasteiger partial charge in [-0.05, 0) is 17.5 Å². The third-order valence-electron chi connectivity index (χ3n) is 4.35. The van der Waals surface area contributed by atoms with E-state index in [1.54, 1.807) is 16.7 Å². The highest BCUT2D eigenvalue weighted by atomic mass is 32.1. The third kappa shape index (κ3) is 4.58. The van der Waals surface area contributed by atoms with E-state index < -0.39 is 0 Å². The van der Waals surface area contributed by atoms with Crippen molar-refractivity contribution in [1.29, 1.82) is 0 Å². The highest BCUT2D eigenvalue weighted by Crippen LogP contribution is 2.31. The van der Waals surface area contributed by atoms with Crippen molar-refractivity contribution in [3.8, 4) is 5.75 Å². The monoisotopic (exact) mass is 413 g/mol. The van der Waals surface area contributed by atoms with E-state index in [2.05, 4.69) is 15.6 Å². The number of hydrogen-bond donors (Lipinski definition) is 2. The fraction of sp³-hybridized carbons (Fsp3) is 0.250. The average molecular weight is 414 g/mol. The first kappa shape index (κ1) is 18.6. The van der Waals surface area contributed by atoms with Crippen LogP contribution in [0.4, 0.5) is 5.13 Å². The first-order valence-corrected chi connectivity index (χ1v) is 10.7. The molecule has 0 aliphatic carbocycles. The van der Waals surface area contributed by atoms with Crippen molar-refractivity contribution in [2.45, 2.75) is 25.3 Å².